The Kier molecular flexibility index (Phi) is 6.60. The van der Waals surface area contributed by atoms with E-state index in [9.17, 15) is 0 Å². The Bertz CT molecular complexity index is 817. The summed E-state index contributed by atoms with van der Waals surface area (Å²) in [5.74, 6) is 1.85. The van der Waals surface area contributed by atoms with Crippen molar-refractivity contribution < 1.29 is 4.74 Å². The van der Waals surface area contributed by atoms with Crippen LogP contribution in [0.2, 0.25) is 0 Å². The van der Waals surface area contributed by atoms with Crippen LogP contribution < -0.4 is 9.64 Å². The quantitative estimate of drug-likeness (QED) is 0.670. The van der Waals surface area contributed by atoms with Crippen LogP contribution in [0.4, 0.5) is 5.82 Å². The molecule has 2 aromatic rings. The highest BCUT2D eigenvalue weighted by Crippen LogP contribution is 2.20. The van der Waals surface area contributed by atoms with E-state index in [2.05, 4.69) is 45.7 Å². The van der Waals surface area contributed by atoms with E-state index in [-0.39, 0.29) is 0 Å². The van der Waals surface area contributed by atoms with Gasteiger partial charge >= 0.3 is 0 Å². The maximum Gasteiger partial charge on any atom is 0.232 e. The molecule has 2 aliphatic rings. The minimum atomic E-state index is 0.695. The van der Waals surface area contributed by atoms with Gasteiger partial charge in [-0.05, 0) is 70.5 Å². The highest BCUT2D eigenvalue weighted by atomic mass is 16.5. The molecule has 0 saturated carbocycles. The number of hydrogen-bond donors (Lipinski definition) is 0. The normalized spacial score (nSPS) is 17.2. The molecule has 1 aliphatic carbocycles. The van der Waals surface area contributed by atoms with Crippen molar-refractivity contribution >= 4 is 5.82 Å². The van der Waals surface area contributed by atoms with Crippen LogP contribution in [0.15, 0.2) is 18.3 Å². The summed E-state index contributed by atoms with van der Waals surface area (Å²) in [7, 11) is 0. The molecule has 0 aromatic carbocycles. The molecular formula is C23H33N5O. The second-order valence-electron chi connectivity index (χ2n) is 8.29. The van der Waals surface area contributed by atoms with E-state index in [1.54, 1.807) is 6.20 Å². The summed E-state index contributed by atoms with van der Waals surface area (Å²) in [5, 5.41) is 0. The molecule has 1 aliphatic heterocycles. The van der Waals surface area contributed by atoms with Gasteiger partial charge in [-0.15, -0.1) is 0 Å². The van der Waals surface area contributed by atoms with Crippen molar-refractivity contribution in [3.8, 4) is 5.88 Å². The van der Waals surface area contributed by atoms with E-state index in [4.69, 9.17) is 9.72 Å². The number of anilines is 1. The van der Waals surface area contributed by atoms with Crippen molar-refractivity contribution in [2.75, 3.05) is 44.2 Å². The fourth-order valence-corrected chi connectivity index (χ4v) is 4.23. The molecule has 0 spiro atoms. The first-order valence-electron chi connectivity index (χ1n) is 11.1. The van der Waals surface area contributed by atoms with Crippen molar-refractivity contribution in [3.05, 3.63) is 41.0 Å². The molecule has 4 rings (SSSR count). The lowest BCUT2D eigenvalue weighted by molar-refractivity contribution is 0.235. The van der Waals surface area contributed by atoms with Crippen LogP contribution in [0.1, 0.15) is 48.3 Å². The summed E-state index contributed by atoms with van der Waals surface area (Å²) >= 11 is 0. The van der Waals surface area contributed by atoms with Gasteiger partial charge in [0, 0.05) is 31.9 Å². The molecule has 6 nitrogen and oxygen atoms in total. The number of pyridine rings is 1. The number of aromatic nitrogens is 3. The molecule has 1 fully saturated rings. The predicted molar refractivity (Wildman–Crippen MR) is 116 cm³/mol. The van der Waals surface area contributed by atoms with Crippen LogP contribution in [0.3, 0.4) is 0 Å². The van der Waals surface area contributed by atoms with E-state index >= 15 is 0 Å². The number of aryl methyl sites for hydroxylation is 4. The van der Waals surface area contributed by atoms with Gasteiger partial charge < -0.3 is 9.64 Å². The fraction of sp³-hybridized carbons (Fsp3) is 0.609. The minimum Gasteiger partial charge on any atom is -0.477 e. The summed E-state index contributed by atoms with van der Waals surface area (Å²) in [6.45, 7) is 10.4. The molecule has 3 heterocycles. The van der Waals surface area contributed by atoms with Gasteiger partial charge in [0.25, 0.3) is 0 Å². The van der Waals surface area contributed by atoms with Crippen molar-refractivity contribution in [1.29, 1.82) is 0 Å². The fourth-order valence-electron chi connectivity index (χ4n) is 4.23. The Balaban J connectivity index is 1.15. The number of hydrogen-bond acceptors (Lipinski definition) is 6. The van der Waals surface area contributed by atoms with Crippen LogP contribution in [0.25, 0.3) is 0 Å². The van der Waals surface area contributed by atoms with Crippen LogP contribution in [0, 0.1) is 13.8 Å². The number of unbranched alkanes of at least 4 members (excludes halogenated alkanes) is 1. The Labute approximate surface area is 174 Å². The zero-order valence-electron chi connectivity index (χ0n) is 17.9. The van der Waals surface area contributed by atoms with E-state index in [0.29, 0.717) is 5.88 Å². The SMILES string of the molecule is Cc1ccc(C)c(N2CCN(CCCCOc3cnc4c(n3)CCCC4)CC2)n1. The second-order valence-corrected chi connectivity index (χ2v) is 8.29. The molecule has 156 valence electrons. The Morgan fingerprint density at radius 1 is 0.931 bits per heavy atom. The van der Waals surface area contributed by atoms with Crippen molar-refractivity contribution in [2.45, 2.75) is 52.4 Å². The second kappa shape index (κ2) is 9.53. The Hall–Kier alpha value is -2.21. The van der Waals surface area contributed by atoms with Gasteiger partial charge in [0.15, 0.2) is 0 Å². The molecular weight excluding hydrogens is 362 g/mol. The van der Waals surface area contributed by atoms with Crippen LogP contribution in [-0.2, 0) is 12.8 Å². The van der Waals surface area contributed by atoms with Gasteiger partial charge in [0.1, 0.15) is 5.82 Å². The third kappa shape index (κ3) is 5.24. The lowest BCUT2D eigenvalue weighted by Gasteiger charge is -2.36. The minimum absolute atomic E-state index is 0.695. The van der Waals surface area contributed by atoms with Gasteiger partial charge in [-0.3, -0.25) is 9.88 Å². The molecule has 0 radical (unpaired) electrons. The number of ether oxygens (including phenoxy) is 1. The zero-order chi connectivity index (χ0) is 20.1. The van der Waals surface area contributed by atoms with Crippen LogP contribution in [-0.4, -0.2) is 59.2 Å². The first-order valence-corrected chi connectivity index (χ1v) is 11.1. The number of fused-ring (bicyclic) bond motifs is 1. The summed E-state index contributed by atoms with van der Waals surface area (Å²) in [4.78, 5) is 18.9. The third-order valence-corrected chi connectivity index (χ3v) is 5.99. The highest BCUT2D eigenvalue weighted by molar-refractivity contribution is 5.47. The molecule has 2 aromatic heterocycles. The van der Waals surface area contributed by atoms with Crippen molar-refractivity contribution in [1.82, 2.24) is 19.9 Å². The molecule has 0 atom stereocenters. The standard InChI is InChI=1S/C23H33N5O/c1-18-9-10-19(2)25-23(18)28-14-12-27(13-15-28)11-5-6-16-29-22-17-24-20-7-3-4-8-21(20)26-22/h9-10,17H,3-8,11-16H2,1-2H3. The maximum atomic E-state index is 5.85. The van der Waals surface area contributed by atoms with Gasteiger partial charge in [0.05, 0.1) is 24.2 Å². The predicted octanol–water partition coefficient (Wildman–Crippen LogP) is 3.35. The lowest BCUT2D eigenvalue weighted by atomic mass is 10.0. The highest BCUT2D eigenvalue weighted by Gasteiger charge is 2.19. The molecule has 0 unspecified atom stereocenters. The van der Waals surface area contributed by atoms with Crippen molar-refractivity contribution in [2.24, 2.45) is 0 Å². The summed E-state index contributed by atoms with van der Waals surface area (Å²) in [5.41, 5.74) is 4.67. The van der Waals surface area contributed by atoms with Gasteiger partial charge in [0.2, 0.25) is 5.88 Å². The number of rotatable bonds is 7. The largest absolute Gasteiger partial charge is 0.477 e. The van der Waals surface area contributed by atoms with E-state index in [1.807, 2.05) is 0 Å². The molecule has 0 N–H and O–H groups in total. The Morgan fingerprint density at radius 3 is 2.55 bits per heavy atom. The van der Waals surface area contributed by atoms with E-state index < -0.39 is 0 Å². The van der Waals surface area contributed by atoms with Crippen molar-refractivity contribution in [3.63, 3.8) is 0 Å². The average molecular weight is 396 g/mol. The molecule has 0 bridgehead atoms. The van der Waals surface area contributed by atoms with Gasteiger partial charge in [-0.1, -0.05) is 6.07 Å². The summed E-state index contributed by atoms with van der Waals surface area (Å²) in [6, 6.07) is 4.27. The summed E-state index contributed by atoms with van der Waals surface area (Å²) < 4.78 is 5.85. The first-order chi connectivity index (χ1) is 14.2. The average Bonchev–Trinajstić information content (AvgIpc) is 2.75. The molecule has 0 amide bonds. The monoisotopic (exact) mass is 395 g/mol. The van der Waals surface area contributed by atoms with E-state index in [0.717, 1.165) is 82.2 Å². The lowest BCUT2D eigenvalue weighted by Crippen LogP contribution is -2.47. The molecule has 6 heteroatoms. The third-order valence-electron chi connectivity index (χ3n) is 5.99. The van der Waals surface area contributed by atoms with E-state index in [1.165, 1.54) is 24.1 Å². The topological polar surface area (TPSA) is 54.4 Å². The number of piperazine rings is 1. The zero-order valence-corrected chi connectivity index (χ0v) is 17.9. The van der Waals surface area contributed by atoms with Gasteiger partial charge in [-0.25, -0.2) is 9.97 Å². The summed E-state index contributed by atoms with van der Waals surface area (Å²) in [6.07, 6.45) is 8.57. The smallest absolute Gasteiger partial charge is 0.232 e. The van der Waals surface area contributed by atoms with Crippen LogP contribution in [0.5, 0.6) is 5.88 Å². The van der Waals surface area contributed by atoms with Crippen LogP contribution >= 0.6 is 0 Å². The molecule has 29 heavy (non-hydrogen) atoms. The first kappa shape index (κ1) is 20.1. The number of nitrogens with zero attached hydrogens (tertiary/aromatic N) is 5. The maximum absolute atomic E-state index is 5.85. The Morgan fingerprint density at radius 2 is 1.72 bits per heavy atom. The van der Waals surface area contributed by atoms with Gasteiger partial charge in [-0.2, -0.15) is 0 Å². The molecule has 1 saturated heterocycles.